The van der Waals surface area contributed by atoms with E-state index in [4.69, 9.17) is 15.0 Å². The molecule has 5 aromatic rings. The number of carboxylic acid groups (broad SMARTS) is 1. The van der Waals surface area contributed by atoms with E-state index >= 15 is 0 Å². The molecule has 246 valence electrons. The Balaban J connectivity index is 1.11. The van der Waals surface area contributed by atoms with Gasteiger partial charge in [0, 0.05) is 75.2 Å². The highest BCUT2D eigenvalue weighted by atomic mass is 16.4. The second kappa shape index (κ2) is 12.9. The fourth-order valence-corrected chi connectivity index (χ4v) is 7.27. The normalized spacial score (nSPS) is 16.7. The van der Waals surface area contributed by atoms with Gasteiger partial charge in [-0.15, -0.1) is 0 Å². The van der Waals surface area contributed by atoms with Crippen LogP contribution in [0.25, 0.3) is 22.0 Å². The van der Waals surface area contributed by atoms with Crippen molar-refractivity contribution in [3.63, 3.8) is 0 Å². The molecule has 7 rings (SSSR count). The van der Waals surface area contributed by atoms with E-state index in [0.29, 0.717) is 31.8 Å². The van der Waals surface area contributed by atoms with Crippen molar-refractivity contribution in [1.82, 2.24) is 29.3 Å². The monoisotopic (exact) mass is 643 g/mol. The third kappa shape index (κ3) is 6.09. The highest BCUT2D eigenvalue weighted by Crippen LogP contribution is 2.33. The van der Waals surface area contributed by atoms with Crippen LogP contribution in [0.5, 0.6) is 0 Å². The largest absolute Gasteiger partial charge is 0.481 e. The van der Waals surface area contributed by atoms with Crippen LogP contribution < -0.4 is 5.32 Å². The number of aliphatic carboxylic acids is 1. The van der Waals surface area contributed by atoms with Crippen molar-refractivity contribution in [2.24, 2.45) is 13.0 Å². The average Bonchev–Trinajstić information content (AvgIpc) is 3.67. The quantitative estimate of drug-likeness (QED) is 0.232. The molecule has 0 bridgehead atoms. The molecule has 1 fully saturated rings. The minimum Gasteiger partial charge on any atom is -0.481 e. The Morgan fingerprint density at radius 3 is 2.58 bits per heavy atom. The summed E-state index contributed by atoms with van der Waals surface area (Å²) in [6.07, 6.45) is 5.93. The lowest BCUT2D eigenvalue weighted by Gasteiger charge is -2.21. The Kier molecular flexibility index (Phi) is 8.53. The van der Waals surface area contributed by atoms with E-state index in [1.165, 1.54) is 0 Å². The molecule has 0 unspecified atom stereocenters. The van der Waals surface area contributed by atoms with Gasteiger partial charge >= 0.3 is 5.97 Å². The number of anilines is 1. The van der Waals surface area contributed by atoms with E-state index in [1.807, 2.05) is 49.1 Å². The number of hydrogen-bond acceptors (Lipinski definition) is 7. The molecule has 2 aliphatic heterocycles. The molecule has 1 saturated heterocycles. The summed E-state index contributed by atoms with van der Waals surface area (Å²) in [5, 5.41) is 13.5. The maximum atomic E-state index is 13.5. The predicted octanol–water partition coefficient (Wildman–Crippen LogP) is 5.38. The first-order chi connectivity index (χ1) is 23.2. The third-order valence-corrected chi connectivity index (χ3v) is 10.1. The molecule has 0 radical (unpaired) electrons. The molecule has 2 aromatic carbocycles. The van der Waals surface area contributed by atoms with Crippen LogP contribution in [-0.4, -0.2) is 73.0 Å². The number of rotatable bonds is 8. The van der Waals surface area contributed by atoms with Crippen molar-refractivity contribution in [3.05, 3.63) is 106 Å². The van der Waals surface area contributed by atoms with Gasteiger partial charge in [0.05, 0.1) is 22.8 Å². The number of carbonyl (C=O) groups excluding carboxylic acids is 1. The van der Waals surface area contributed by atoms with Crippen molar-refractivity contribution in [1.29, 1.82) is 0 Å². The van der Waals surface area contributed by atoms with Crippen LogP contribution >= 0.6 is 0 Å². The van der Waals surface area contributed by atoms with Crippen LogP contribution in [0.4, 0.5) is 5.69 Å². The first-order valence-corrected chi connectivity index (χ1v) is 16.6. The number of imidazole rings is 1. The standard InChI is InChI=1S/C38H41N7O3/c1-23-26(18-32-35-27(11-14-39-32)17-25(19-40-35)20-45-16-12-28(21-45)38(47)48)7-5-8-29(23)30-9-6-10-31(24(30)2)42-37(46)36-41-33-22-43(3)15-13-34(33)44(36)4/h5-11,14,17,19,28H,12-13,15-16,18,20-22H2,1-4H3,(H,42,46)(H,47,48)/t28-/m1/s1. The zero-order valence-corrected chi connectivity index (χ0v) is 28.0. The molecule has 10 heteroatoms. The summed E-state index contributed by atoms with van der Waals surface area (Å²) >= 11 is 0. The summed E-state index contributed by atoms with van der Waals surface area (Å²) in [4.78, 5) is 43.5. The number of nitrogens with zero attached hydrogens (tertiary/aromatic N) is 6. The lowest BCUT2D eigenvalue weighted by Crippen LogP contribution is -2.27. The van der Waals surface area contributed by atoms with E-state index in [0.717, 1.165) is 93.1 Å². The zero-order valence-electron chi connectivity index (χ0n) is 28.0. The van der Waals surface area contributed by atoms with E-state index in [2.05, 4.69) is 59.4 Å². The van der Waals surface area contributed by atoms with Gasteiger partial charge in [-0.25, -0.2) is 4.98 Å². The maximum absolute atomic E-state index is 13.5. The summed E-state index contributed by atoms with van der Waals surface area (Å²) in [6.45, 7) is 7.94. The summed E-state index contributed by atoms with van der Waals surface area (Å²) in [5.74, 6) is -0.782. The van der Waals surface area contributed by atoms with Crippen LogP contribution in [0, 0.1) is 19.8 Å². The summed E-state index contributed by atoms with van der Waals surface area (Å²) in [7, 11) is 4.00. The van der Waals surface area contributed by atoms with Crippen LogP contribution in [-0.2, 0) is 37.8 Å². The molecule has 0 aliphatic carbocycles. The van der Waals surface area contributed by atoms with Crippen LogP contribution in [0.15, 0.2) is 60.9 Å². The molecule has 3 aromatic heterocycles. The number of hydrogen-bond donors (Lipinski definition) is 2. The van der Waals surface area contributed by atoms with Gasteiger partial charge in [0.1, 0.15) is 0 Å². The van der Waals surface area contributed by atoms with Gasteiger partial charge in [0.15, 0.2) is 5.82 Å². The first kappa shape index (κ1) is 31.7. The van der Waals surface area contributed by atoms with Crippen LogP contribution in [0.1, 0.15) is 56.4 Å². The highest BCUT2D eigenvalue weighted by molar-refractivity contribution is 6.03. The summed E-state index contributed by atoms with van der Waals surface area (Å²) in [5.41, 5.74) is 11.2. The Labute approximate surface area is 280 Å². The first-order valence-electron chi connectivity index (χ1n) is 16.6. The van der Waals surface area contributed by atoms with Gasteiger partial charge in [-0.2, -0.15) is 0 Å². The number of amides is 1. The van der Waals surface area contributed by atoms with Crippen LogP contribution in [0.3, 0.4) is 0 Å². The lowest BCUT2D eigenvalue weighted by molar-refractivity contribution is -0.141. The SMILES string of the molecule is Cc1c(Cc2nccc3cc(CN4CC[C@@H](C(=O)O)C4)cnc23)cccc1-c1cccc(NC(=O)c2nc3c(n2C)CCN(C)C3)c1C. The Morgan fingerprint density at radius 2 is 1.79 bits per heavy atom. The van der Waals surface area contributed by atoms with Gasteiger partial charge in [0.2, 0.25) is 0 Å². The Morgan fingerprint density at radius 1 is 1.00 bits per heavy atom. The van der Waals surface area contributed by atoms with Gasteiger partial charge in [-0.05, 0) is 85.4 Å². The summed E-state index contributed by atoms with van der Waals surface area (Å²) in [6, 6.07) is 16.5. The Hall–Kier alpha value is -4.93. The third-order valence-electron chi connectivity index (χ3n) is 10.1. The zero-order chi connectivity index (χ0) is 33.5. The minimum atomic E-state index is -0.717. The minimum absolute atomic E-state index is 0.206. The molecule has 1 atom stereocenters. The van der Waals surface area contributed by atoms with Crippen molar-refractivity contribution in [3.8, 4) is 11.1 Å². The van der Waals surface area contributed by atoms with Gasteiger partial charge in [0.25, 0.3) is 5.91 Å². The summed E-state index contributed by atoms with van der Waals surface area (Å²) < 4.78 is 1.94. The molecule has 0 saturated carbocycles. The number of carboxylic acids is 1. The lowest BCUT2D eigenvalue weighted by atomic mass is 9.91. The second-order valence-electron chi connectivity index (χ2n) is 13.3. The maximum Gasteiger partial charge on any atom is 0.307 e. The molecule has 2 aliphatic rings. The smallest absolute Gasteiger partial charge is 0.307 e. The van der Waals surface area contributed by atoms with Crippen molar-refractivity contribution >= 4 is 28.5 Å². The molecule has 48 heavy (non-hydrogen) atoms. The molecule has 2 N–H and O–H groups in total. The van der Waals surface area contributed by atoms with Gasteiger partial charge < -0.3 is 19.9 Å². The number of nitrogens with one attached hydrogen (secondary N) is 1. The van der Waals surface area contributed by atoms with Crippen molar-refractivity contribution < 1.29 is 14.7 Å². The van der Waals surface area contributed by atoms with Gasteiger partial charge in [-0.3, -0.25) is 24.5 Å². The number of likely N-dealkylation sites (tertiary alicyclic amines) is 1. The Bertz CT molecular complexity index is 2050. The number of aromatic nitrogens is 4. The molecule has 5 heterocycles. The highest BCUT2D eigenvalue weighted by Gasteiger charge is 2.28. The predicted molar refractivity (Wildman–Crippen MR) is 186 cm³/mol. The number of fused-ring (bicyclic) bond motifs is 2. The topological polar surface area (TPSA) is 116 Å². The van der Waals surface area contributed by atoms with Crippen molar-refractivity contribution in [2.75, 3.05) is 32.0 Å². The van der Waals surface area contributed by atoms with E-state index in [9.17, 15) is 14.7 Å². The number of pyridine rings is 2. The molecule has 0 spiro atoms. The molecule has 10 nitrogen and oxygen atoms in total. The van der Waals surface area contributed by atoms with E-state index < -0.39 is 5.97 Å². The fraction of sp³-hybridized carbons (Fsp3) is 0.342. The fourth-order valence-electron chi connectivity index (χ4n) is 7.27. The number of carbonyl (C=O) groups is 2. The number of benzene rings is 2. The van der Waals surface area contributed by atoms with Crippen LogP contribution in [0.2, 0.25) is 0 Å². The average molecular weight is 644 g/mol. The number of likely N-dealkylation sites (N-methyl/N-ethyl adjacent to an activating group) is 1. The van der Waals surface area contributed by atoms with Gasteiger partial charge in [-0.1, -0.05) is 30.3 Å². The molecular formula is C38H41N7O3. The van der Waals surface area contributed by atoms with E-state index in [-0.39, 0.29) is 11.8 Å². The van der Waals surface area contributed by atoms with E-state index in [1.54, 1.807) is 0 Å². The molecular weight excluding hydrogens is 602 g/mol. The van der Waals surface area contributed by atoms with Crippen molar-refractivity contribution in [2.45, 2.75) is 46.2 Å². The molecule has 1 amide bonds. The second-order valence-corrected chi connectivity index (χ2v) is 13.3.